The van der Waals surface area contributed by atoms with Crippen LogP contribution in [0.4, 0.5) is 24.5 Å². The normalized spacial score (nSPS) is 13.9. The van der Waals surface area contributed by atoms with E-state index in [-0.39, 0.29) is 5.02 Å². The van der Waals surface area contributed by atoms with Crippen molar-refractivity contribution in [2.24, 2.45) is 0 Å². The maximum absolute atomic E-state index is 13.1. The van der Waals surface area contributed by atoms with E-state index in [1.165, 1.54) is 11.0 Å². The van der Waals surface area contributed by atoms with Crippen LogP contribution in [0.3, 0.4) is 0 Å². The van der Waals surface area contributed by atoms with Crippen LogP contribution >= 0.6 is 11.6 Å². The Morgan fingerprint density at radius 1 is 1.12 bits per heavy atom. The SMILES string of the molecule is O=C(Nc1ccc(Cl)cc1C(F)(F)F)C(=O)N1CCCc2ccccc21. The third-order valence-corrected chi connectivity index (χ3v) is 4.32. The number of carbonyl (C=O) groups is 2. The molecular formula is C18H14ClF3N2O2. The second-order valence-electron chi connectivity index (χ2n) is 5.83. The molecule has 1 N–H and O–H groups in total. The lowest BCUT2D eigenvalue weighted by Gasteiger charge is -2.29. The molecule has 2 aromatic rings. The van der Waals surface area contributed by atoms with Crippen LogP contribution in [-0.2, 0) is 22.2 Å². The Morgan fingerprint density at radius 2 is 1.85 bits per heavy atom. The summed E-state index contributed by atoms with van der Waals surface area (Å²) in [5.74, 6) is -2.03. The highest BCUT2D eigenvalue weighted by atomic mass is 35.5. The predicted octanol–water partition coefficient (Wildman–Crippen LogP) is 4.28. The summed E-state index contributed by atoms with van der Waals surface area (Å²) in [5, 5.41) is 1.94. The third-order valence-electron chi connectivity index (χ3n) is 4.08. The van der Waals surface area contributed by atoms with E-state index in [0.29, 0.717) is 24.7 Å². The predicted molar refractivity (Wildman–Crippen MR) is 92.2 cm³/mol. The van der Waals surface area contributed by atoms with Crippen molar-refractivity contribution in [1.29, 1.82) is 0 Å². The van der Waals surface area contributed by atoms with E-state index in [9.17, 15) is 22.8 Å². The summed E-state index contributed by atoms with van der Waals surface area (Å²) in [6.45, 7) is 0.329. The first-order chi connectivity index (χ1) is 12.3. The maximum Gasteiger partial charge on any atom is 0.418 e. The first-order valence-corrected chi connectivity index (χ1v) is 8.22. The van der Waals surface area contributed by atoms with E-state index in [4.69, 9.17) is 11.6 Å². The summed E-state index contributed by atoms with van der Waals surface area (Å²) < 4.78 is 39.4. The van der Waals surface area contributed by atoms with Crippen molar-refractivity contribution < 1.29 is 22.8 Å². The van der Waals surface area contributed by atoms with E-state index in [1.807, 2.05) is 12.1 Å². The number of rotatable bonds is 1. The largest absolute Gasteiger partial charge is 0.418 e. The van der Waals surface area contributed by atoms with E-state index >= 15 is 0 Å². The van der Waals surface area contributed by atoms with Crippen LogP contribution in [-0.4, -0.2) is 18.4 Å². The minimum absolute atomic E-state index is 0.119. The molecule has 0 bridgehead atoms. The molecule has 0 radical (unpaired) electrons. The molecule has 0 saturated heterocycles. The summed E-state index contributed by atoms with van der Waals surface area (Å²) in [4.78, 5) is 26.1. The van der Waals surface area contributed by atoms with Gasteiger partial charge in [-0.15, -0.1) is 0 Å². The van der Waals surface area contributed by atoms with Crippen molar-refractivity contribution in [1.82, 2.24) is 0 Å². The van der Waals surface area contributed by atoms with Gasteiger partial charge in [-0.25, -0.2) is 0 Å². The molecule has 0 atom stereocenters. The molecule has 0 unspecified atom stereocenters. The van der Waals surface area contributed by atoms with Gasteiger partial charge in [0.1, 0.15) is 0 Å². The zero-order valence-corrected chi connectivity index (χ0v) is 14.2. The fraction of sp³-hybridized carbons (Fsp3) is 0.222. The molecular weight excluding hydrogens is 369 g/mol. The number of alkyl halides is 3. The van der Waals surface area contributed by atoms with Crippen LogP contribution in [0, 0.1) is 0 Å². The summed E-state index contributed by atoms with van der Waals surface area (Å²) >= 11 is 5.61. The van der Waals surface area contributed by atoms with Crippen LogP contribution in [0.2, 0.25) is 5.02 Å². The minimum atomic E-state index is -4.71. The number of benzene rings is 2. The van der Waals surface area contributed by atoms with E-state index in [2.05, 4.69) is 5.32 Å². The maximum atomic E-state index is 13.1. The number of hydrogen-bond donors (Lipinski definition) is 1. The number of hydrogen-bond acceptors (Lipinski definition) is 2. The fourth-order valence-corrected chi connectivity index (χ4v) is 3.08. The first kappa shape index (κ1) is 18.3. The first-order valence-electron chi connectivity index (χ1n) is 7.85. The van der Waals surface area contributed by atoms with Crippen molar-refractivity contribution in [2.45, 2.75) is 19.0 Å². The van der Waals surface area contributed by atoms with Gasteiger partial charge >= 0.3 is 18.0 Å². The fourth-order valence-electron chi connectivity index (χ4n) is 2.90. The molecule has 0 aromatic heterocycles. The van der Waals surface area contributed by atoms with E-state index < -0.39 is 29.2 Å². The summed E-state index contributed by atoms with van der Waals surface area (Å²) in [5.41, 5.74) is -0.0934. The average Bonchev–Trinajstić information content (AvgIpc) is 2.61. The van der Waals surface area contributed by atoms with Gasteiger partial charge in [0.2, 0.25) is 0 Å². The number of anilines is 2. The van der Waals surface area contributed by atoms with Gasteiger partial charge in [-0.2, -0.15) is 13.2 Å². The van der Waals surface area contributed by atoms with Gasteiger partial charge < -0.3 is 10.2 Å². The third kappa shape index (κ3) is 3.67. The minimum Gasteiger partial charge on any atom is -0.317 e. The molecule has 2 aromatic carbocycles. The lowest BCUT2D eigenvalue weighted by Crippen LogP contribution is -2.42. The topological polar surface area (TPSA) is 49.4 Å². The number of carbonyl (C=O) groups excluding carboxylic acids is 2. The Hall–Kier alpha value is -2.54. The number of aryl methyl sites for hydroxylation is 1. The second kappa shape index (κ2) is 6.99. The Balaban J connectivity index is 1.85. The van der Waals surface area contributed by atoms with Gasteiger partial charge in [0.15, 0.2) is 0 Å². The zero-order chi connectivity index (χ0) is 18.9. The molecule has 8 heteroatoms. The van der Waals surface area contributed by atoms with Crippen LogP contribution in [0.15, 0.2) is 42.5 Å². The van der Waals surface area contributed by atoms with Crippen LogP contribution in [0.5, 0.6) is 0 Å². The van der Waals surface area contributed by atoms with Gasteiger partial charge in [0, 0.05) is 17.3 Å². The number of fused-ring (bicyclic) bond motifs is 1. The Kier molecular flexibility index (Phi) is 4.91. The number of halogens is 4. The Labute approximate surface area is 152 Å². The molecule has 4 nitrogen and oxygen atoms in total. The number of nitrogens with one attached hydrogen (secondary N) is 1. The summed E-state index contributed by atoms with van der Waals surface area (Å²) in [6.07, 6.45) is -3.27. The average molecular weight is 383 g/mol. The molecule has 0 aliphatic carbocycles. The lowest BCUT2D eigenvalue weighted by atomic mass is 10.0. The van der Waals surface area contributed by atoms with Gasteiger partial charge in [0.25, 0.3) is 0 Å². The number of amides is 2. The molecule has 2 amide bonds. The van der Waals surface area contributed by atoms with Crippen molar-refractivity contribution in [3.8, 4) is 0 Å². The second-order valence-corrected chi connectivity index (χ2v) is 6.27. The quantitative estimate of drug-likeness (QED) is 0.748. The molecule has 1 heterocycles. The molecule has 3 rings (SSSR count). The van der Waals surface area contributed by atoms with Crippen LogP contribution < -0.4 is 10.2 Å². The standard InChI is InChI=1S/C18H14ClF3N2O2/c19-12-7-8-14(13(10-12)18(20,21)22)23-16(25)17(26)24-9-3-5-11-4-1-2-6-15(11)24/h1-2,4,6-8,10H,3,5,9H2,(H,23,25). The van der Waals surface area contributed by atoms with Gasteiger partial charge in [-0.1, -0.05) is 29.8 Å². The van der Waals surface area contributed by atoms with Gasteiger partial charge in [-0.3, -0.25) is 9.59 Å². The lowest BCUT2D eigenvalue weighted by molar-refractivity contribution is -0.137. The van der Waals surface area contributed by atoms with Crippen LogP contribution in [0.25, 0.3) is 0 Å². The highest BCUT2D eigenvalue weighted by Crippen LogP contribution is 2.36. The van der Waals surface area contributed by atoms with E-state index in [0.717, 1.165) is 18.1 Å². The summed E-state index contributed by atoms with van der Waals surface area (Å²) in [7, 11) is 0. The smallest absolute Gasteiger partial charge is 0.317 e. The summed E-state index contributed by atoms with van der Waals surface area (Å²) in [6, 6.07) is 10.1. The zero-order valence-electron chi connectivity index (χ0n) is 13.4. The molecule has 0 saturated carbocycles. The van der Waals surface area contributed by atoms with E-state index in [1.54, 1.807) is 12.1 Å². The molecule has 0 fully saturated rings. The van der Waals surface area contributed by atoms with Crippen molar-refractivity contribution in [3.63, 3.8) is 0 Å². The highest BCUT2D eigenvalue weighted by Gasteiger charge is 2.35. The molecule has 136 valence electrons. The van der Waals surface area contributed by atoms with Crippen LogP contribution in [0.1, 0.15) is 17.5 Å². The number of para-hydroxylation sites is 1. The van der Waals surface area contributed by atoms with Gasteiger partial charge in [0.05, 0.1) is 11.3 Å². The molecule has 0 spiro atoms. The number of nitrogens with zero attached hydrogens (tertiary/aromatic N) is 1. The molecule has 1 aliphatic heterocycles. The molecule has 26 heavy (non-hydrogen) atoms. The van der Waals surface area contributed by atoms with Crippen molar-refractivity contribution >= 4 is 34.8 Å². The Bertz CT molecular complexity index is 868. The van der Waals surface area contributed by atoms with Crippen molar-refractivity contribution in [3.05, 3.63) is 58.6 Å². The Morgan fingerprint density at radius 3 is 2.58 bits per heavy atom. The highest BCUT2D eigenvalue weighted by molar-refractivity contribution is 6.44. The molecule has 1 aliphatic rings. The van der Waals surface area contributed by atoms with Gasteiger partial charge in [-0.05, 0) is 42.7 Å². The monoisotopic (exact) mass is 382 g/mol. The van der Waals surface area contributed by atoms with Crippen molar-refractivity contribution in [2.75, 3.05) is 16.8 Å².